The largest absolute Gasteiger partial charge is 0.303 e. The van der Waals surface area contributed by atoms with Crippen molar-refractivity contribution in [1.82, 2.24) is 5.01 Å². The number of rotatable bonds is 4. The lowest BCUT2D eigenvalue weighted by atomic mass is 10.1. The molecule has 0 N–H and O–H groups in total. The van der Waals surface area contributed by atoms with Gasteiger partial charge >= 0.3 is 0 Å². The molecule has 148 valence electrons. The second kappa shape index (κ2) is 7.57. The van der Waals surface area contributed by atoms with E-state index in [4.69, 9.17) is 4.99 Å². The zero-order chi connectivity index (χ0) is 20.7. The van der Waals surface area contributed by atoms with Gasteiger partial charge in [-0.2, -0.15) is 0 Å². The molecule has 2 aliphatic rings. The zero-order valence-corrected chi connectivity index (χ0v) is 17.8. The Labute approximate surface area is 178 Å². The molecule has 2 aliphatic heterocycles. The van der Waals surface area contributed by atoms with E-state index in [1.807, 2.05) is 67.5 Å². The van der Waals surface area contributed by atoms with Crippen molar-refractivity contribution < 1.29 is 9.59 Å². The van der Waals surface area contributed by atoms with Crippen LogP contribution in [0, 0.1) is 0 Å². The minimum absolute atomic E-state index is 0.148. The fourth-order valence-electron chi connectivity index (χ4n) is 3.78. The third kappa shape index (κ3) is 3.20. The summed E-state index contributed by atoms with van der Waals surface area (Å²) in [7, 11) is 1.86. The van der Waals surface area contributed by atoms with E-state index >= 15 is 0 Å². The SMILES string of the molecule is C=CCN1C(=O)C(=NC2C(=O)N(c3ccccc3)N(C)C2C)c2cc(Br)ccc21. The Morgan fingerprint density at radius 1 is 1.17 bits per heavy atom. The van der Waals surface area contributed by atoms with Gasteiger partial charge in [-0.15, -0.1) is 6.58 Å². The number of likely N-dealkylation sites (N-methyl/N-ethyl adjacent to an activating group) is 1. The van der Waals surface area contributed by atoms with E-state index in [9.17, 15) is 9.59 Å². The molecular weight excluding hydrogens is 432 g/mol. The molecule has 0 spiro atoms. The van der Waals surface area contributed by atoms with Crippen molar-refractivity contribution in [3.63, 3.8) is 0 Å². The van der Waals surface area contributed by atoms with E-state index < -0.39 is 6.04 Å². The van der Waals surface area contributed by atoms with Crippen LogP contribution in [0.2, 0.25) is 0 Å². The molecule has 2 aromatic carbocycles. The highest BCUT2D eigenvalue weighted by molar-refractivity contribution is 9.10. The molecule has 0 radical (unpaired) electrons. The second-order valence-electron chi connectivity index (χ2n) is 7.09. The Kier molecular flexibility index (Phi) is 5.10. The minimum Gasteiger partial charge on any atom is -0.303 e. The van der Waals surface area contributed by atoms with E-state index in [2.05, 4.69) is 22.5 Å². The highest BCUT2D eigenvalue weighted by atomic mass is 79.9. The summed E-state index contributed by atoms with van der Waals surface area (Å²) >= 11 is 3.47. The highest BCUT2D eigenvalue weighted by Gasteiger charge is 2.45. The van der Waals surface area contributed by atoms with Crippen LogP contribution in [0.15, 0.2) is 70.7 Å². The maximum atomic E-state index is 13.2. The number of hydrazine groups is 1. The Morgan fingerprint density at radius 3 is 2.59 bits per heavy atom. The van der Waals surface area contributed by atoms with Crippen LogP contribution in [0.4, 0.5) is 11.4 Å². The van der Waals surface area contributed by atoms with E-state index in [-0.39, 0.29) is 17.9 Å². The third-order valence-electron chi connectivity index (χ3n) is 5.36. The summed E-state index contributed by atoms with van der Waals surface area (Å²) in [6, 6.07) is 14.2. The molecule has 0 aliphatic carbocycles. The predicted molar refractivity (Wildman–Crippen MR) is 118 cm³/mol. The molecule has 6 nitrogen and oxygen atoms in total. The van der Waals surface area contributed by atoms with Gasteiger partial charge in [0.15, 0.2) is 0 Å². The average Bonchev–Trinajstić information content (AvgIpc) is 3.09. The first-order valence-corrected chi connectivity index (χ1v) is 10.2. The van der Waals surface area contributed by atoms with Crippen molar-refractivity contribution >= 4 is 44.8 Å². The number of fused-ring (bicyclic) bond motifs is 1. The first-order valence-electron chi connectivity index (χ1n) is 9.36. The maximum Gasteiger partial charge on any atom is 0.277 e. The summed E-state index contributed by atoms with van der Waals surface area (Å²) < 4.78 is 0.853. The van der Waals surface area contributed by atoms with Gasteiger partial charge in [-0.3, -0.25) is 14.6 Å². The molecule has 0 bridgehead atoms. The molecule has 7 heteroatoms. The van der Waals surface area contributed by atoms with Crippen molar-refractivity contribution in [2.75, 3.05) is 23.5 Å². The fourth-order valence-corrected chi connectivity index (χ4v) is 4.14. The van der Waals surface area contributed by atoms with Crippen LogP contribution in [0.25, 0.3) is 0 Å². The molecule has 29 heavy (non-hydrogen) atoms. The van der Waals surface area contributed by atoms with Crippen LogP contribution in [0.1, 0.15) is 12.5 Å². The lowest BCUT2D eigenvalue weighted by Crippen LogP contribution is -2.38. The molecular formula is C22H21BrN4O2. The molecule has 0 saturated carbocycles. The van der Waals surface area contributed by atoms with E-state index in [1.54, 1.807) is 16.0 Å². The number of benzene rings is 2. The Balaban J connectivity index is 1.76. The van der Waals surface area contributed by atoms with Gasteiger partial charge in [0.2, 0.25) is 0 Å². The van der Waals surface area contributed by atoms with Crippen LogP contribution in [0.5, 0.6) is 0 Å². The number of para-hydroxylation sites is 1. The fraction of sp³-hybridized carbons (Fsp3) is 0.227. The summed E-state index contributed by atoms with van der Waals surface area (Å²) in [6.45, 7) is 6.07. The van der Waals surface area contributed by atoms with Crippen LogP contribution >= 0.6 is 15.9 Å². The average molecular weight is 453 g/mol. The van der Waals surface area contributed by atoms with Crippen LogP contribution in [-0.2, 0) is 9.59 Å². The standard InChI is InChI=1S/C22H21BrN4O2/c1-4-12-26-18-11-10-15(23)13-17(18)20(21(26)28)24-19-14(2)25(3)27(22(19)29)16-8-6-5-7-9-16/h4-11,13-14,19H,1,12H2,2-3H3. The maximum absolute atomic E-state index is 13.2. The lowest BCUT2D eigenvalue weighted by Gasteiger charge is -2.26. The number of nitrogens with zero attached hydrogens (tertiary/aromatic N) is 4. The summed E-state index contributed by atoms with van der Waals surface area (Å²) in [4.78, 5) is 32.7. The van der Waals surface area contributed by atoms with Crippen molar-refractivity contribution in [3.05, 3.63) is 71.2 Å². The van der Waals surface area contributed by atoms with Crippen molar-refractivity contribution in [3.8, 4) is 0 Å². The molecule has 2 aromatic rings. The van der Waals surface area contributed by atoms with Crippen LogP contribution < -0.4 is 9.91 Å². The number of amides is 2. The lowest BCUT2D eigenvalue weighted by molar-refractivity contribution is -0.118. The van der Waals surface area contributed by atoms with Gasteiger partial charge in [0.05, 0.1) is 17.4 Å². The van der Waals surface area contributed by atoms with Gasteiger partial charge in [-0.05, 0) is 37.3 Å². The van der Waals surface area contributed by atoms with Gasteiger partial charge in [-0.1, -0.05) is 40.2 Å². The van der Waals surface area contributed by atoms with Crippen molar-refractivity contribution in [2.24, 2.45) is 4.99 Å². The third-order valence-corrected chi connectivity index (χ3v) is 5.85. The smallest absolute Gasteiger partial charge is 0.277 e. The van der Waals surface area contributed by atoms with E-state index in [0.29, 0.717) is 12.3 Å². The van der Waals surface area contributed by atoms with Crippen molar-refractivity contribution in [1.29, 1.82) is 0 Å². The number of hydrogen-bond donors (Lipinski definition) is 0. The summed E-state index contributed by atoms with van der Waals surface area (Å²) in [5, 5.41) is 3.50. The summed E-state index contributed by atoms with van der Waals surface area (Å²) in [6.07, 6.45) is 1.68. The molecule has 4 rings (SSSR count). The first kappa shape index (κ1) is 19.5. The van der Waals surface area contributed by atoms with E-state index in [0.717, 1.165) is 21.4 Å². The van der Waals surface area contributed by atoms with Crippen molar-refractivity contribution in [2.45, 2.75) is 19.0 Å². The zero-order valence-electron chi connectivity index (χ0n) is 16.2. The molecule has 1 fully saturated rings. The normalized spacial score (nSPS) is 23.2. The number of carbonyl (C=O) groups is 2. The van der Waals surface area contributed by atoms with E-state index in [1.165, 1.54) is 0 Å². The highest BCUT2D eigenvalue weighted by Crippen LogP contribution is 2.34. The quantitative estimate of drug-likeness (QED) is 0.667. The van der Waals surface area contributed by atoms with Gasteiger partial charge in [0, 0.05) is 23.6 Å². The molecule has 2 atom stereocenters. The minimum atomic E-state index is -0.672. The molecule has 2 amide bonds. The van der Waals surface area contributed by atoms with Crippen LogP contribution in [0.3, 0.4) is 0 Å². The van der Waals surface area contributed by atoms with Gasteiger partial charge < -0.3 is 4.90 Å². The number of aliphatic imine (C=N–C) groups is 1. The number of anilines is 2. The predicted octanol–water partition coefficient (Wildman–Crippen LogP) is 3.42. The Morgan fingerprint density at radius 2 is 1.90 bits per heavy atom. The summed E-state index contributed by atoms with van der Waals surface area (Å²) in [5.74, 6) is -0.357. The Bertz CT molecular complexity index is 1020. The second-order valence-corrected chi connectivity index (χ2v) is 8.00. The van der Waals surface area contributed by atoms with Crippen LogP contribution in [-0.4, -0.2) is 48.2 Å². The molecule has 0 aromatic heterocycles. The summed E-state index contributed by atoms with van der Waals surface area (Å²) in [5.41, 5.74) is 2.61. The monoisotopic (exact) mass is 452 g/mol. The molecule has 2 unspecified atom stereocenters. The topological polar surface area (TPSA) is 56.2 Å². The molecule has 1 saturated heterocycles. The first-order chi connectivity index (χ1) is 13.9. The number of carbonyl (C=O) groups excluding carboxylic acids is 2. The van der Waals surface area contributed by atoms with Gasteiger partial charge in [0.1, 0.15) is 11.8 Å². The van der Waals surface area contributed by atoms with Gasteiger partial charge in [-0.25, -0.2) is 10.0 Å². The number of halogens is 1. The Hall–Kier alpha value is -2.77. The van der Waals surface area contributed by atoms with Gasteiger partial charge in [0.25, 0.3) is 11.8 Å². The molecule has 2 heterocycles. The number of hydrogen-bond acceptors (Lipinski definition) is 4.